The number of nitrogens with one attached hydrogen (secondary N) is 1. The van der Waals surface area contributed by atoms with Gasteiger partial charge in [-0.1, -0.05) is 30.0 Å². The standard InChI is InChI=1S/C19H16N4OS2/c1-12-9-14(26-11-20)7-8-16(12)23-18(24)10-25-19-15-5-3-4-6-17(15)21-13(2)22-19/h3-9H,10H2,1-2H3,(H,23,24). The monoisotopic (exact) mass is 380 g/mol. The molecule has 0 spiro atoms. The predicted octanol–water partition coefficient (Wildman–Crippen LogP) is 4.55. The van der Waals surface area contributed by atoms with Crippen LogP contribution in [0.2, 0.25) is 0 Å². The van der Waals surface area contributed by atoms with Crippen molar-refractivity contribution in [3.63, 3.8) is 0 Å². The molecule has 2 aromatic carbocycles. The van der Waals surface area contributed by atoms with E-state index in [9.17, 15) is 4.79 Å². The smallest absolute Gasteiger partial charge is 0.234 e. The number of hydrogen-bond donors (Lipinski definition) is 1. The van der Waals surface area contributed by atoms with Crippen molar-refractivity contribution in [1.82, 2.24) is 9.97 Å². The topological polar surface area (TPSA) is 78.7 Å². The molecule has 7 heteroatoms. The maximum atomic E-state index is 12.3. The van der Waals surface area contributed by atoms with E-state index in [1.165, 1.54) is 11.8 Å². The molecule has 0 atom stereocenters. The third-order valence-corrected chi connectivity index (χ3v) is 5.23. The molecule has 0 aliphatic rings. The highest BCUT2D eigenvalue weighted by Crippen LogP contribution is 2.26. The van der Waals surface area contributed by atoms with Crippen LogP contribution in [0.1, 0.15) is 11.4 Å². The summed E-state index contributed by atoms with van der Waals surface area (Å²) in [4.78, 5) is 22.1. The van der Waals surface area contributed by atoms with Crippen molar-refractivity contribution in [1.29, 1.82) is 5.26 Å². The summed E-state index contributed by atoms with van der Waals surface area (Å²) >= 11 is 2.50. The molecule has 0 unspecified atom stereocenters. The van der Waals surface area contributed by atoms with Crippen LogP contribution in [0.15, 0.2) is 52.4 Å². The number of thioether (sulfide) groups is 2. The molecule has 1 N–H and O–H groups in total. The fourth-order valence-corrected chi connectivity index (χ4v) is 3.82. The number of carbonyl (C=O) groups is 1. The molecule has 1 aromatic heterocycles. The van der Waals surface area contributed by atoms with Crippen LogP contribution in [-0.2, 0) is 4.79 Å². The molecule has 26 heavy (non-hydrogen) atoms. The Balaban J connectivity index is 1.69. The molecule has 0 radical (unpaired) electrons. The van der Waals surface area contributed by atoms with Crippen LogP contribution in [0.5, 0.6) is 0 Å². The number of aryl methyl sites for hydroxylation is 2. The molecule has 0 bridgehead atoms. The van der Waals surface area contributed by atoms with Crippen molar-refractivity contribution >= 4 is 46.0 Å². The van der Waals surface area contributed by atoms with Gasteiger partial charge >= 0.3 is 0 Å². The lowest BCUT2D eigenvalue weighted by Crippen LogP contribution is -2.15. The number of benzene rings is 2. The summed E-state index contributed by atoms with van der Waals surface area (Å²) in [5.41, 5.74) is 2.55. The van der Waals surface area contributed by atoms with Gasteiger partial charge in [-0.25, -0.2) is 9.97 Å². The molecular weight excluding hydrogens is 364 g/mol. The number of aromatic nitrogens is 2. The van der Waals surface area contributed by atoms with E-state index in [0.717, 1.165) is 43.8 Å². The molecule has 0 saturated heterocycles. The van der Waals surface area contributed by atoms with Gasteiger partial charge in [-0.2, -0.15) is 5.26 Å². The summed E-state index contributed by atoms with van der Waals surface area (Å²) in [6.07, 6.45) is 0. The van der Waals surface area contributed by atoms with E-state index < -0.39 is 0 Å². The molecule has 3 aromatic rings. The van der Waals surface area contributed by atoms with Crippen LogP contribution in [0, 0.1) is 24.5 Å². The number of thiocyanates is 1. The van der Waals surface area contributed by atoms with E-state index in [4.69, 9.17) is 5.26 Å². The average Bonchev–Trinajstić information content (AvgIpc) is 2.62. The minimum atomic E-state index is -0.0980. The second-order valence-electron chi connectivity index (χ2n) is 5.60. The highest BCUT2D eigenvalue weighted by molar-refractivity contribution is 8.03. The first-order chi connectivity index (χ1) is 12.6. The van der Waals surface area contributed by atoms with Crippen LogP contribution in [0.3, 0.4) is 0 Å². The zero-order chi connectivity index (χ0) is 18.5. The average molecular weight is 380 g/mol. The maximum absolute atomic E-state index is 12.3. The van der Waals surface area contributed by atoms with E-state index in [0.29, 0.717) is 5.82 Å². The van der Waals surface area contributed by atoms with Crippen LogP contribution in [0.25, 0.3) is 10.9 Å². The van der Waals surface area contributed by atoms with Gasteiger partial charge in [-0.05, 0) is 55.4 Å². The van der Waals surface area contributed by atoms with Gasteiger partial charge in [0, 0.05) is 16.0 Å². The first kappa shape index (κ1) is 18.2. The third kappa shape index (κ3) is 4.34. The quantitative estimate of drug-likeness (QED) is 0.397. The molecule has 0 aliphatic carbocycles. The summed E-state index contributed by atoms with van der Waals surface area (Å²) in [7, 11) is 0. The van der Waals surface area contributed by atoms with Crippen LogP contribution < -0.4 is 5.32 Å². The van der Waals surface area contributed by atoms with E-state index in [1.807, 2.05) is 61.7 Å². The fraction of sp³-hybridized carbons (Fsp3) is 0.158. The Labute approximate surface area is 160 Å². The molecule has 1 heterocycles. The minimum absolute atomic E-state index is 0.0980. The van der Waals surface area contributed by atoms with Crippen molar-refractivity contribution in [2.24, 2.45) is 0 Å². The Morgan fingerprint density at radius 3 is 2.77 bits per heavy atom. The largest absolute Gasteiger partial charge is 0.325 e. The summed E-state index contributed by atoms with van der Waals surface area (Å²) < 4.78 is 0. The van der Waals surface area contributed by atoms with E-state index in [-0.39, 0.29) is 11.7 Å². The Morgan fingerprint density at radius 2 is 2.00 bits per heavy atom. The Bertz CT molecular complexity index is 1010. The number of nitriles is 1. The first-order valence-electron chi connectivity index (χ1n) is 7.89. The van der Waals surface area contributed by atoms with Gasteiger partial charge in [0.15, 0.2) is 0 Å². The van der Waals surface area contributed by atoms with Gasteiger partial charge in [0.25, 0.3) is 0 Å². The number of anilines is 1. The fourth-order valence-electron chi connectivity index (χ4n) is 2.48. The second-order valence-corrected chi connectivity index (χ2v) is 7.42. The van der Waals surface area contributed by atoms with Gasteiger partial charge in [0.05, 0.1) is 11.3 Å². The molecule has 0 saturated carbocycles. The Hall–Kier alpha value is -2.56. The summed E-state index contributed by atoms with van der Waals surface area (Å²) in [5.74, 6) is 0.848. The van der Waals surface area contributed by atoms with Crippen LogP contribution in [0.4, 0.5) is 5.69 Å². The first-order valence-corrected chi connectivity index (χ1v) is 9.69. The number of rotatable bonds is 5. The van der Waals surface area contributed by atoms with Gasteiger partial charge in [-0.15, -0.1) is 0 Å². The number of nitrogens with zero attached hydrogens (tertiary/aromatic N) is 3. The van der Waals surface area contributed by atoms with E-state index >= 15 is 0 Å². The number of para-hydroxylation sites is 1. The number of fused-ring (bicyclic) bond motifs is 1. The zero-order valence-corrected chi connectivity index (χ0v) is 15.9. The lowest BCUT2D eigenvalue weighted by molar-refractivity contribution is -0.113. The highest BCUT2D eigenvalue weighted by Gasteiger charge is 2.10. The minimum Gasteiger partial charge on any atom is -0.325 e. The molecule has 1 amide bonds. The molecule has 0 aliphatic heterocycles. The molecular formula is C19H16N4OS2. The van der Waals surface area contributed by atoms with Crippen molar-refractivity contribution < 1.29 is 4.79 Å². The van der Waals surface area contributed by atoms with Crippen molar-refractivity contribution in [2.45, 2.75) is 23.8 Å². The number of amides is 1. The predicted molar refractivity (Wildman–Crippen MR) is 106 cm³/mol. The van der Waals surface area contributed by atoms with Gasteiger partial charge in [0.2, 0.25) is 5.91 Å². The van der Waals surface area contributed by atoms with Crippen molar-refractivity contribution in [2.75, 3.05) is 11.1 Å². The Kier molecular flexibility index (Phi) is 5.76. The van der Waals surface area contributed by atoms with Crippen LogP contribution in [-0.4, -0.2) is 21.6 Å². The van der Waals surface area contributed by atoms with Crippen molar-refractivity contribution in [3.8, 4) is 5.40 Å². The molecule has 0 fully saturated rings. The van der Waals surface area contributed by atoms with Gasteiger partial charge in [-0.3, -0.25) is 4.79 Å². The zero-order valence-electron chi connectivity index (χ0n) is 14.3. The maximum Gasteiger partial charge on any atom is 0.234 e. The summed E-state index contributed by atoms with van der Waals surface area (Å²) in [5, 5.41) is 15.4. The second kappa shape index (κ2) is 8.21. The lowest BCUT2D eigenvalue weighted by Gasteiger charge is -2.10. The SMILES string of the molecule is Cc1nc(SCC(=O)Nc2ccc(SC#N)cc2C)c2ccccc2n1. The highest BCUT2D eigenvalue weighted by atomic mass is 32.2. The Morgan fingerprint density at radius 1 is 1.19 bits per heavy atom. The number of carbonyl (C=O) groups excluding carboxylic acids is 1. The normalized spacial score (nSPS) is 10.5. The van der Waals surface area contributed by atoms with Gasteiger partial charge < -0.3 is 5.32 Å². The van der Waals surface area contributed by atoms with Crippen molar-refractivity contribution in [3.05, 3.63) is 53.9 Å². The summed E-state index contributed by atoms with van der Waals surface area (Å²) in [6.45, 7) is 3.76. The van der Waals surface area contributed by atoms with E-state index in [1.54, 1.807) is 0 Å². The summed E-state index contributed by atoms with van der Waals surface area (Å²) in [6, 6.07) is 13.3. The van der Waals surface area contributed by atoms with Crippen LogP contribution >= 0.6 is 23.5 Å². The third-order valence-electron chi connectivity index (χ3n) is 3.66. The lowest BCUT2D eigenvalue weighted by atomic mass is 10.2. The molecule has 130 valence electrons. The number of hydrogen-bond acceptors (Lipinski definition) is 6. The molecule has 5 nitrogen and oxygen atoms in total. The molecule has 3 rings (SSSR count). The van der Waals surface area contributed by atoms with Gasteiger partial charge in [0.1, 0.15) is 16.3 Å². The van der Waals surface area contributed by atoms with E-state index in [2.05, 4.69) is 15.3 Å².